The summed E-state index contributed by atoms with van der Waals surface area (Å²) >= 11 is 0. The summed E-state index contributed by atoms with van der Waals surface area (Å²) in [4.78, 5) is 30.4. The lowest BCUT2D eigenvalue weighted by Crippen LogP contribution is -2.47. The number of benzene rings is 1. The molecule has 0 radical (unpaired) electrons. The Morgan fingerprint density at radius 1 is 0.941 bits per heavy atom. The maximum absolute atomic E-state index is 12.0. The van der Waals surface area contributed by atoms with Crippen LogP contribution in [0.3, 0.4) is 0 Å². The fourth-order valence-electron chi connectivity index (χ4n) is 4.11. The van der Waals surface area contributed by atoms with Crippen LogP contribution in [-0.4, -0.2) is 52.7 Å². The summed E-state index contributed by atoms with van der Waals surface area (Å²) in [6, 6.07) is 12.3. The number of carbonyl (C=O) groups is 1. The Hall–Kier alpha value is -3.48. The van der Waals surface area contributed by atoms with E-state index in [4.69, 9.17) is 4.74 Å². The van der Waals surface area contributed by atoms with E-state index >= 15 is 0 Å². The summed E-state index contributed by atoms with van der Waals surface area (Å²) in [7, 11) is 0. The van der Waals surface area contributed by atoms with Crippen molar-refractivity contribution in [3.05, 3.63) is 66.1 Å². The summed E-state index contributed by atoms with van der Waals surface area (Å²) in [6.45, 7) is 11.3. The SMILES string of the molecule is Cc1cccnc1N1CCN(c2ncc(-c3cccc(CCC(=O)OC(C)(C)C)c3)cn2)CC1. The Balaban J connectivity index is 1.35. The van der Waals surface area contributed by atoms with Crippen LogP contribution in [0.4, 0.5) is 11.8 Å². The Morgan fingerprint density at radius 3 is 2.32 bits per heavy atom. The van der Waals surface area contributed by atoms with Gasteiger partial charge in [-0.05, 0) is 56.9 Å². The average Bonchev–Trinajstić information content (AvgIpc) is 2.83. The van der Waals surface area contributed by atoms with E-state index in [1.165, 1.54) is 5.56 Å². The molecule has 7 heteroatoms. The van der Waals surface area contributed by atoms with Crippen molar-refractivity contribution >= 4 is 17.7 Å². The number of aryl methyl sites for hydroxylation is 2. The first kappa shape index (κ1) is 23.7. The predicted molar refractivity (Wildman–Crippen MR) is 135 cm³/mol. The van der Waals surface area contributed by atoms with Gasteiger partial charge in [-0.3, -0.25) is 4.79 Å². The van der Waals surface area contributed by atoms with Crippen LogP contribution in [0, 0.1) is 6.92 Å². The Kier molecular flexibility index (Phi) is 7.10. The van der Waals surface area contributed by atoms with Gasteiger partial charge in [-0.2, -0.15) is 0 Å². The minimum Gasteiger partial charge on any atom is -0.460 e. The van der Waals surface area contributed by atoms with Gasteiger partial charge in [0.1, 0.15) is 11.4 Å². The third-order valence-electron chi connectivity index (χ3n) is 5.78. The van der Waals surface area contributed by atoms with E-state index in [9.17, 15) is 4.79 Å². The van der Waals surface area contributed by atoms with Gasteiger partial charge in [0, 0.05) is 56.8 Å². The van der Waals surface area contributed by atoms with Crippen molar-refractivity contribution in [2.45, 2.75) is 46.1 Å². The average molecular weight is 460 g/mol. The van der Waals surface area contributed by atoms with Crippen molar-refractivity contribution in [1.82, 2.24) is 15.0 Å². The molecule has 3 heterocycles. The zero-order valence-electron chi connectivity index (χ0n) is 20.5. The molecule has 0 amide bonds. The molecule has 7 nitrogen and oxygen atoms in total. The highest BCUT2D eigenvalue weighted by molar-refractivity contribution is 5.70. The Morgan fingerprint density at radius 2 is 1.65 bits per heavy atom. The van der Waals surface area contributed by atoms with Gasteiger partial charge in [-0.25, -0.2) is 15.0 Å². The first-order valence-electron chi connectivity index (χ1n) is 11.8. The number of anilines is 2. The standard InChI is InChI=1S/C27H33N5O2/c1-20-7-6-12-28-25(20)31-13-15-32(16-14-31)26-29-18-23(19-30-26)22-9-5-8-21(17-22)10-11-24(33)34-27(2,3)4/h5-9,12,17-19H,10-11,13-16H2,1-4H3. The molecule has 0 bridgehead atoms. The fraction of sp³-hybridized carbons (Fsp3) is 0.407. The lowest BCUT2D eigenvalue weighted by molar-refractivity contribution is -0.154. The molecular weight excluding hydrogens is 426 g/mol. The number of nitrogens with zero attached hydrogens (tertiary/aromatic N) is 5. The highest BCUT2D eigenvalue weighted by atomic mass is 16.6. The molecule has 0 unspecified atom stereocenters. The maximum atomic E-state index is 12.0. The molecule has 0 aliphatic carbocycles. The highest BCUT2D eigenvalue weighted by Gasteiger charge is 2.21. The van der Waals surface area contributed by atoms with E-state index in [1.54, 1.807) is 0 Å². The minimum atomic E-state index is -0.456. The van der Waals surface area contributed by atoms with Crippen LogP contribution in [0.25, 0.3) is 11.1 Å². The van der Waals surface area contributed by atoms with Gasteiger partial charge in [-0.15, -0.1) is 0 Å². The predicted octanol–water partition coefficient (Wildman–Crippen LogP) is 4.45. The van der Waals surface area contributed by atoms with E-state index in [-0.39, 0.29) is 5.97 Å². The fourth-order valence-corrected chi connectivity index (χ4v) is 4.11. The zero-order valence-corrected chi connectivity index (χ0v) is 20.5. The lowest BCUT2D eigenvalue weighted by Gasteiger charge is -2.36. The maximum Gasteiger partial charge on any atom is 0.306 e. The van der Waals surface area contributed by atoms with Crippen molar-refractivity contribution in [2.75, 3.05) is 36.0 Å². The molecule has 1 fully saturated rings. The van der Waals surface area contributed by atoms with Gasteiger partial charge in [-0.1, -0.05) is 30.3 Å². The van der Waals surface area contributed by atoms with E-state index < -0.39 is 5.60 Å². The van der Waals surface area contributed by atoms with Gasteiger partial charge in [0.05, 0.1) is 0 Å². The molecule has 4 rings (SSSR count). The largest absolute Gasteiger partial charge is 0.460 e. The second-order valence-electron chi connectivity index (χ2n) is 9.68. The van der Waals surface area contributed by atoms with Crippen LogP contribution in [-0.2, 0) is 16.0 Å². The monoisotopic (exact) mass is 459 g/mol. The molecule has 0 N–H and O–H groups in total. The summed E-state index contributed by atoms with van der Waals surface area (Å²) in [6.07, 6.45) is 6.61. The number of esters is 1. The molecule has 0 atom stereocenters. The number of carbonyl (C=O) groups excluding carboxylic acids is 1. The summed E-state index contributed by atoms with van der Waals surface area (Å²) in [5.74, 6) is 1.64. The summed E-state index contributed by atoms with van der Waals surface area (Å²) in [5.41, 5.74) is 3.84. The lowest BCUT2D eigenvalue weighted by atomic mass is 10.0. The van der Waals surface area contributed by atoms with E-state index in [1.807, 2.05) is 63.6 Å². The van der Waals surface area contributed by atoms with Crippen LogP contribution < -0.4 is 9.80 Å². The van der Waals surface area contributed by atoms with Crippen molar-refractivity contribution < 1.29 is 9.53 Å². The highest BCUT2D eigenvalue weighted by Crippen LogP contribution is 2.23. The van der Waals surface area contributed by atoms with Gasteiger partial charge < -0.3 is 14.5 Å². The van der Waals surface area contributed by atoms with Crippen LogP contribution in [0.5, 0.6) is 0 Å². The van der Waals surface area contributed by atoms with E-state index in [0.717, 1.165) is 54.6 Å². The van der Waals surface area contributed by atoms with E-state index in [2.05, 4.69) is 43.8 Å². The molecular formula is C27H33N5O2. The topological polar surface area (TPSA) is 71.5 Å². The van der Waals surface area contributed by atoms with Crippen LogP contribution in [0.1, 0.15) is 38.3 Å². The Bertz CT molecular complexity index is 1120. The third-order valence-corrected chi connectivity index (χ3v) is 5.78. The zero-order chi connectivity index (χ0) is 24.1. The van der Waals surface area contributed by atoms with Gasteiger partial charge in [0.25, 0.3) is 0 Å². The smallest absolute Gasteiger partial charge is 0.306 e. The number of hydrogen-bond donors (Lipinski definition) is 0. The number of ether oxygens (including phenoxy) is 1. The molecule has 1 aromatic carbocycles. The van der Waals surface area contributed by atoms with Gasteiger partial charge in [0.2, 0.25) is 5.95 Å². The molecule has 0 spiro atoms. The van der Waals surface area contributed by atoms with Crippen LogP contribution >= 0.6 is 0 Å². The Labute approximate surface area is 201 Å². The van der Waals surface area contributed by atoms with Crippen LogP contribution in [0.15, 0.2) is 55.0 Å². The summed E-state index contributed by atoms with van der Waals surface area (Å²) < 4.78 is 5.41. The molecule has 178 valence electrons. The van der Waals surface area contributed by atoms with Crippen molar-refractivity contribution in [3.63, 3.8) is 0 Å². The molecule has 0 saturated carbocycles. The van der Waals surface area contributed by atoms with Crippen molar-refractivity contribution in [1.29, 1.82) is 0 Å². The number of rotatable bonds is 6. The molecule has 1 aliphatic heterocycles. The first-order valence-corrected chi connectivity index (χ1v) is 11.8. The molecule has 2 aromatic heterocycles. The molecule has 3 aromatic rings. The summed E-state index contributed by atoms with van der Waals surface area (Å²) in [5, 5.41) is 0. The first-order chi connectivity index (χ1) is 16.3. The second-order valence-corrected chi connectivity index (χ2v) is 9.68. The molecule has 1 aliphatic rings. The minimum absolute atomic E-state index is 0.177. The number of aromatic nitrogens is 3. The van der Waals surface area contributed by atoms with Crippen molar-refractivity contribution in [2.24, 2.45) is 0 Å². The van der Waals surface area contributed by atoms with E-state index in [0.29, 0.717) is 12.8 Å². The van der Waals surface area contributed by atoms with Gasteiger partial charge >= 0.3 is 5.97 Å². The quantitative estimate of drug-likeness (QED) is 0.504. The third kappa shape index (κ3) is 6.10. The van der Waals surface area contributed by atoms with Crippen LogP contribution in [0.2, 0.25) is 0 Å². The van der Waals surface area contributed by atoms with Gasteiger partial charge in [0.15, 0.2) is 0 Å². The number of hydrogen-bond acceptors (Lipinski definition) is 7. The molecule has 1 saturated heterocycles. The number of piperazine rings is 1. The second kappa shape index (κ2) is 10.2. The molecule has 34 heavy (non-hydrogen) atoms. The normalized spacial score (nSPS) is 14.2. The van der Waals surface area contributed by atoms with Crippen molar-refractivity contribution in [3.8, 4) is 11.1 Å². The number of pyridine rings is 1.